The smallest absolute Gasteiger partial charge is 0.0360 e. The fraction of sp³-hybridized carbons (Fsp3) is 0.692. The zero-order valence-corrected chi connectivity index (χ0v) is 10.8. The molecule has 1 aliphatic carbocycles. The van der Waals surface area contributed by atoms with E-state index < -0.39 is 0 Å². The van der Waals surface area contributed by atoms with Crippen molar-refractivity contribution in [1.82, 2.24) is 9.80 Å². The summed E-state index contributed by atoms with van der Waals surface area (Å²) in [6, 6.07) is 3.09. The maximum atomic E-state index is 2.70. The van der Waals surface area contributed by atoms with Crippen molar-refractivity contribution in [3.8, 4) is 0 Å². The zero-order valence-electron chi connectivity index (χ0n) is 9.98. The van der Waals surface area contributed by atoms with Gasteiger partial charge in [0.25, 0.3) is 0 Å². The summed E-state index contributed by atoms with van der Waals surface area (Å²) in [5.41, 5.74) is 1.64. The molecule has 1 saturated heterocycles. The highest BCUT2D eigenvalue weighted by atomic mass is 32.1. The number of nitrogens with zero attached hydrogens (tertiary/aromatic N) is 2. The van der Waals surface area contributed by atoms with Gasteiger partial charge in [-0.2, -0.15) is 0 Å². The molecule has 3 rings (SSSR count). The molecule has 2 heterocycles. The van der Waals surface area contributed by atoms with Crippen LogP contribution in [0.25, 0.3) is 0 Å². The molecule has 2 aliphatic rings. The van der Waals surface area contributed by atoms with E-state index in [2.05, 4.69) is 28.3 Å². The third kappa shape index (κ3) is 1.92. The molecule has 2 nitrogen and oxygen atoms in total. The third-order valence-corrected chi connectivity index (χ3v) is 5.00. The Morgan fingerprint density at radius 2 is 2.06 bits per heavy atom. The molecule has 0 amide bonds. The second-order valence-corrected chi connectivity index (χ2v) is 6.05. The van der Waals surface area contributed by atoms with Crippen LogP contribution in [0.15, 0.2) is 11.4 Å². The van der Waals surface area contributed by atoms with Gasteiger partial charge in [0, 0.05) is 37.1 Å². The second kappa shape index (κ2) is 4.47. The Morgan fingerprint density at radius 1 is 1.25 bits per heavy atom. The molecule has 0 N–H and O–H groups in total. The highest BCUT2D eigenvalue weighted by molar-refractivity contribution is 7.10. The molecular weight excluding hydrogens is 216 g/mol. The predicted molar refractivity (Wildman–Crippen MR) is 69.1 cm³/mol. The minimum atomic E-state index is 0.726. The molecule has 16 heavy (non-hydrogen) atoms. The Balaban J connectivity index is 1.77. The maximum absolute atomic E-state index is 2.70. The van der Waals surface area contributed by atoms with E-state index in [1.54, 1.807) is 10.4 Å². The van der Waals surface area contributed by atoms with E-state index >= 15 is 0 Å². The summed E-state index contributed by atoms with van der Waals surface area (Å²) < 4.78 is 0. The fourth-order valence-corrected chi connectivity index (χ4v) is 3.96. The van der Waals surface area contributed by atoms with E-state index in [0.717, 1.165) is 6.04 Å². The topological polar surface area (TPSA) is 6.48 Å². The van der Waals surface area contributed by atoms with Gasteiger partial charge in [-0.25, -0.2) is 0 Å². The Hall–Kier alpha value is -0.380. The second-order valence-electron chi connectivity index (χ2n) is 5.05. The molecule has 0 bridgehead atoms. The summed E-state index contributed by atoms with van der Waals surface area (Å²) >= 11 is 1.96. The number of likely N-dealkylation sites (N-methyl/N-ethyl adjacent to an activating group) is 1. The first kappa shape index (κ1) is 10.8. The monoisotopic (exact) mass is 236 g/mol. The van der Waals surface area contributed by atoms with Crippen molar-refractivity contribution >= 4 is 11.3 Å². The summed E-state index contributed by atoms with van der Waals surface area (Å²) in [5, 5.41) is 2.28. The lowest BCUT2D eigenvalue weighted by Gasteiger charge is -2.39. The molecule has 1 aliphatic heterocycles. The Morgan fingerprint density at radius 3 is 2.88 bits per heavy atom. The molecule has 1 unspecified atom stereocenters. The summed E-state index contributed by atoms with van der Waals surface area (Å²) in [7, 11) is 2.23. The lowest BCUT2D eigenvalue weighted by atomic mass is 9.92. The standard InChI is InChI=1S/C13H20N2S/c1-14-6-8-15(9-7-14)12-3-2-4-13-11(12)5-10-16-13/h5,10,12H,2-4,6-9H2,1H3. The first-order valence-electron chi connectivity index (χ1n) is 6.33. The van der Waals surface area contributed by atoms with Crippen molar-refractivity contribution in [2.45, 2.75) is 25.3 Å². The number of hydrogen-bond donors (Lipinski definition) is 0. The number of rotatable bonds is 1. The largest absolute Gasteiger partial charge is 0.304 e. The van der Waals surface area contributed by atoms with Crippen LogP contribution in [0.3, 0.4) is 0 Å². The van der Waals surface area contributed by atoms with Crippen LogP contribution in [0.4, 0.5) is 0 Å². The number of hydrogen-bond acceptors (Lipinski definition) is 3. The van der Waals surface area contributed by atoms with Crippen LogP contribution in [0.2, 0.25) is 0 Å². The maximum Gasteiger partial charge on any atom is 0.0360 e. The van der Waals surface area contributed by atoms with Gasteiger partial charge >= 0.3 is 0 Å². The lowest BCUT2D eigenvalue weighted by Crippen LogP contribution is -2.46. The average molecular weight is 236 g/mol. The Labute approximate surface area is 102 Å². The van der Waals surface area contributed by atoms with E-state index in [0.29, 0.717) is 0 Å². The summed E-state index contributed by atoms with van der Waals surface area (Å²) in [4.78, 5) is 6.79. The van der Waals surface area contributed by atoms with E-state index in [-0.39, 0.29) is 0 Å². The van der Waals surface area contributed by atoms with Gasteiger partial charge in [0.1, 0.15) is 0 Å². The third-order valence-electron chi connectivity index (χ3n) is 4.00. The number of aryl methyl sites for hydroxylation is 1. The molecule has 1 aromatic rings. The van der Waals surface area contributed by atoms with Crippen LogP contribution in [-0.4, -0.2) is 43.0 Å². The average Bonchev–Trinajstić information content (AvgIpc) is 2.78. The molecular formula is C13H20N2S. The van der Waals surface area contributed by atoms with Gasteiger partial charge in [-0.3, -0.25) is 4.90 Å². The fourth-order valence-electron chi connectivity index (χ4n) is 2.97. The Bertz CT molecular complexity index is 353. The SMILES string of the molecule is CN1CCN(C2CCCc3sccc32)CC1. The highest BCUT2D eigenvalue weighted by Crippen LogP contribution is 2.37. The van der Waals surface area contributed by atoms with Crippen LogP contribution in [0.1, 0.15) is 29.3 Å². The zero-order chi connectivity index (χ0) is 11.0. The van der Waals surface area contributed by atoms with Gasteiger partial charge in [-0.15, -0.1) is 11.3 Å². The van der Waals surface area contributed by atoms with Crippen molar-refractivity contribution in [3.63, 3.8) is 0 Å². The molecule has 0 aromatic carbocycles. The molecule has 0 saturated carbocycles. The van der Waals surface area contributed by atoms with Crippen LogP contribution in [-0.2, 0) is 6.42 Å². The van der Waals surface area contributed by atoms with Gasteiger partial charge < -0.3 is 4.90 Å². The summed E-state index contributed by atoms with van der Waals surface area (Å²) in [6.45, 7) is 4.96. The van der Waals surface area contributed by atoms with Gasteiger partial charge in [0.2, 0.25) is 0 Å². The van der Waals surface area contributed by atoms with Crippen molar-refractivity contribution in [2.75, 3.05) is 33.2 Å². The molecule has 1 fully saturated rings. The number of piperazine rings is 1. The molecule has 1 atom stereocenters. The molecule has 0 radical (unpaired) electrons. The molecule has 1 aromatic heterocycles. The van der Waals surface area contributed by atoms with E-state index in [9.17, 15) is 0 Å². The lowest BCUT2D eigenvalue weighted by molar-refractivity contribution is 0.103. The van der Waals surface area contributed by atoms with Crippen LogP contribution in [0, 0.1) is 0 Å². The van der Waals surface area contributed by atoms with Crippen molar-refractivity contribution in [2.24, 2.45) is 0 Å². The summed E-state index contributed by atoms with van der Waals surface area (Å²) in [5.74, 6) is 0. The van der Waals surface area contributed by atoms with Gasteiger partial charge in [0.15, 0.2) is 0 Å². The van der Waals surface area contributed by atoms with E-state index in [1.807, 2.05) is 11.3 Å². The first-order valence-corrected chi connectivity index (χ1v) is 7.21. The predicted octanol–water partition coefficient (Wildman–Crippen LogP) is 2.37. The molecule has 3 heteroatoms. The number of thiophene rings is 1. The first-order chi connectivity index (χ1) is 7.84. The van der Waals surface area contributed by atoms with Gasteiger partial charge in [-0.1, -0.05) is 0 Å². The van der Waals surface area contributed by atoms with Crippen molar-refractivity contribution in [3.05, 3.63) is 21.9 Å². The molecule has 0 spiro atoms. The number of fused-ring (bicyclic) bond motifs is 1. The Kier molecular flexibility index (Phi) is 3.01. The van der Waals surface area contributed by atoms with Gasteiger partial charge in [-0.05, 0) is 43.3 Å². The van der Waals surface area contributed by atoms with Crippen LogP contribution < -0.4 is 0 Å². The molecule has 88 valence electrons. The summed E-state index contributed by atoms with van der Waals surface area (Å²) in [6.07, 6.45) is 4.06. The van der Waals surface area contributed by atoms with Crippen LogP contribution in [0.5, 0.6) is 0 Å². The quantitative estimate of drug-likeness (QED) is 0.738. The van der Waals surface area contributed by atoms with E-state index in [4.69, 9.17) is 0 Å². The van der Waals surface area contributed by atoms with E-state index in [1.165, 1.54) is 45.4 Å². The van der Waals surface area contributed by atoms with Crippen molar-refractivity contribution in [1.29, 1.82) is 0 Å². The van der Waals surface area contributed by atoms with Crippen molar-refractivity contribution < 1.29 is 0 Å². The van der Waals surface area contributed by atoms with Gasteiger partial charge in [0.05, 0.1) is 0 Å². The minimum absolute atomic E-state index is 0.726. The normalized spacial score (nSPS) is 27.9. The minimum Gasteiger partial charge on any atom is -0.304 e. The van der Waals surface area contributed by atoms with Crippen LogP contribution >= 0.6 is 11.3 Å². The highest BCUT2D eigenvalue weighted by Gasteiger charge is 2.28.